The second kappa shape index (κ2) is 7.46. The standard InChI is InChI=1S/C15H32N2O/c1-6-13(2)14-11-17(9-8-16-14)12-15(3,4)7-10-18-5/h13-14,16H,6-12H2,1-5H3. The number of methoxy groups -OCH3 is 1. The van der Waals surface area contributed by atoms with E-state index in [9.17, 15) is 0 Å². The van der Waals surface area contributed by atoms with Crippen molar-refractivity contribution in [3.8, 4) is 0 Å². The van der Waals surface area contributed by atoms with Crippen LogP contribution in [0.25, 0.3) is 0 Å². The molecule has 1 heterocycles. The summed E-state index contributed by atoms with van der Waals surface area (Å²) in [5, 5.41) is 3.66. The molecule has 0 aromatic rings. The SMILES string of the molecule is CCC(C)C1CN(CC(C)(C)CCOC)CCN1. The summed E-state index contributed by atoms with van der Waals surface area (Å²) in [6, 6.07) is 0.668. The van der Waals surface area contributed by atoms with Crippen LogP contribution in [0, 0.1) is 11.3 Å². The summed E-state index contributed by atoms with van der Waals surface area (Å²) in [7, 11) is 1.79. The van der Waals surface area contributed by atoms with Gasteiger partial charge in [-0.15, -0.1) is 0 Å². The maximum Gasteiger partial charge on any atom is 0.0467 e. The molecule has 0 aromatic carbocycles. The summed E-state index contributed by atoms with van der Waals surface area (Å²) in [6.07, 6.45) is 2.40. The van der Waals surface area contributed by atoms with E-state index in [0.29, 0.717) is 11.5 Å². The molecule has 1 aliphatic rings. The highest BCUT2D eigenvalue weighted by atomic mass is 16.5. The smallest absolute Gasteiger partial charge is 0.0467 e. The van der Waals surface area contributed by atoms with Gasteiger partial charge in [0.2, 0.25) is 0 Å². The van der Waals surface area contributed by atoms with Crippen molar-refractivity contribution in [3.63, 3.8) is 0 Å². The van der Waals surface area contributed by atoms with Crippen molar-refractivity contribution in [2.24, 2.45) is 11.3 Å². The minimum atomic E-state index is 0.355. The largest absolute Gasteiger partial charge is 0.385 e. The molecule has 3 heteroatoms. The third kappa shape index (κ3) is 5.25. The Balaban J connectivity index is 2.41. The molecular weight excluding hydrogens is 224 g/mol. The van der Waals surface area contributed by atoms with Gasteiger partial charge in [0.15, 0.2) is 0 Å². The fourth-order valence-corrected chi connectivity index (χ4v) is 2.71. The van der Waals surface area contributed by atoms with Crippen molar-refractivity contribution in [1.29, 1.82) is 0 Å². The molecule has 0 amide bonds. The Bertz CT molecular complexity index is 231. The first kappa shape index (κ1) is 15.9. The van der Waals surface area contributed by atoms with Crippen LogP contribution in [0.4, 0.5) is 0 Å². The zero-order chi connectivity index (χ0) is 13.6. The summed E-state index contributed by atoms with van der Waals surface area (Å²) >= 11 is 0. The predicted octanol–water partition coefficient (Wildman–Crippen LogP) is 2.37. The van der Waals surface area contributed by atoms with E-state index in [0.717, 1.165) is 25.5 Å². The van der Waals surface area contributed by atoms with Crippen LogP contribution >= 0.6 is 0 Å². The minimum Gasteiger partial charge on any atom is -0.385 e. The molecule has 2 atom stereocenters. The highest BCUT2D eigenvalue weighted by Gasteiger charge is 2.27. The topological polar surface area (TPSA) is 24.5 Å². The summed E-state index contributed by atoms with van der Waals surface area (Å²) in [6.45, 7) is 14.9. The van der Waals surface area contributed by atoms with Crippen molar-refractivity contribution in [2.75, 3.05) is 39.9 Å². The van der Waals surface area contributed by atoms with Gasteiger partial charge >= 0.3 is 0 Å². The molecule has 18 heavy (non-hydrogen) atoms. The van der Waals surface area contributed by atoms with Crippen LogP contribution in [0.1, 0.15) is 40.5 Å². The second-order valence-corrected chi connectivity index (χ2v) is 6.59. The molecule has 1 fully saturated rings. The van der Waals surface area contributed by atoms with E-state index >= 15 is 0 Å². The molecule has 2 unspecified atom stereocenters. The van der Waals surface area contributed by atoms with Crippen LogP contribution in [0.2, 0.25) is 0 Å². The minimum absolute atomic E-state index is 0.355. The molecule has 1 rings (SSSR count). The average molecular weight is 256 g/mol. The molecule has 3 nitrogen and oxygen atoms in total. The maximum absolute atomic E-state index is 5.21. The van der Waals surface area contributed by atoms with E-state index in [2.05, 4.69) is 37.9 Å². The molecule has 0 bridgehead atoms. The Morgan fingerprint density at radius 2 is 2.17 bits per heavy atom. The zero-order valence-electron chi connectivity index (χ0n) is 13.0. The van der Waals surface area contributed by atoms with Crippen molar-refractivity contribution in [2.45, 2.75) is 46.6 Å². The highest BCUT2D eigenvalue weighted by Crippen LogP contribution is 2.23. The van der Waals surface area contributed by atoms with E-state index in [4.69, 9.17) is 4.74 Å². The third-order valence-electron chi connectivity index (χ3n) is 4.25. The Morgan fingerprint density at radius 1 is 1.44 bits per heavy atom. The molecule has 1 aliphatic heterocycles. The van der Waals surface area contributed by atoms with Crippen molar-refractivity contribution < 1.29 is 4.74 Å². The average Bonchev–Trinajstić information content (AvgIpc) is 2.35. The van der Waals surface area contributed by atoms with Crippen LogP contribution in [-0.2, 0) is 4.74 Å². The van der Waals surface area contributed by atoms with Gasteiger partial charge in [-0.1, -0.05) is 34.1 Å². The lowest BCUT2D eigenvalue weighted by molar-refractivity contribution is 0.0908. The van der Waals surface area contributed by atoms with Crippen LogP contribution < -0.4 is 5.32 Å². The predicted molar refractivity (Wildman–Crippen MR) is 78.0 cm³/mol. The van der Waals surface area contributed by atoms with Gasteiger partial charge in [0, 0.05) is 45.9 Å². The Morgan fingerprint density at radius 3 is 2.78 bits per heavy atom. The third-order valence-corrected chi connectivity index (χ3v) is 4.25. The molecule has 0 aliphatic carbocycles. The number of hydrogen-bond donors (Lipinski definition) is 1. The first-order valence-corrected chi connectivity index (χ1v) is 7.43. The Labute approximate surface area is 113 Å². The van der Waals surface area contributed by atoms with Crippen LogP contribution in [-0.4, -0.2) is 50.8 Å². The maximum atomic E-state index is 5.21. The summed E-state index contributed by atoms with van der Waals surface area (Å²) < 4.78 is 5.21. The summed E-state index contributed by atoms with van der Waals surface area (Å²) in [5.41, 5.74) is 0.355. The van der Waals surface area contributed by atoms with Gasteiger partial charge in [0.1, 0.15) is 0 Å². The van der Waals surface area contributed by atoms with Crippen molar-refractivity contribution >= 4 is 0 Å². The summed E-state index contributed by atoms with van der Waals surface area (Å²) in [4.78, 5) is 2.63. The molecule has 0 saturated carbocycles. The van der Waals surface area contributed by atoms with Crippen LogP contribution in [0.3, 0.4) is 0 Å². The Kier molecular flexibility index (Phi) is 6.61. The molecule has 0 aromatic heterocycles. The monoisotopic (exact) mass is 256 g/mol. The molecule has 1 N–H and O–H groups in total. The molecule has 0 radical (unpaired) electrons. The molecule has 0 spiro atoms. The number of nitrogens with one attached hydrogen (secondary N) is 1. The van der Waals surface area contributed by atoms with E-state index in [-0.39, 0.29) is 0 Å². The van der Waals surface area contributed by atoms with E-state index < -0.39 is 0 Å². The van der Waals surface area contributed by atoms with Gasteiger partial charge in [0.25, 0.3) is 0 Å². The van der Waals surface area contributed by atoms with Gasteiger partial charge in [-0.05, 0) is 17.8 Å². The van der Waals surface area contributed by atoms with Gasteiger partial charge in [-0.2, -0.15) is 0 Å². The molecule has 1 saturated heterocycles. The van der Waals surface area contributed by atoms with E-state index in [1.165, 1.54) is 26.1 Å². The fraction of sp³-hybridized carbons (Fsp3) is 1.00. The normalized spacial score (nSPS) is 24.2. The van der Waals surface area contributed by atoms with Crippen LogP contribution in [0.15, 0.2) is 0 Å². The van der Waals surface area contributed by atoms with E-state index in [1.54, 1.807) is 7.11 Å². The van der Waals surface area contributed by atoms with Crippen LogP contribution in [0.5, 0.6) is 0 Å². The number of piperazine rings is 1. The number of ether oxygens (including phenoxy) is 1. The molecular formula is C15H32N2O. The fourth-order valence-electron chi connectivity index (χ4n) is 2.71. The lowest BCUT2D eigenvalue weighted by Crippen LogP contribution is -2.54. The highest BCUT2D eigenvalue weighted by molar-refractivity contribution is 4.84. The number of hydrogen-bond acceptors (Lipinski definition) is 3. The number of rotatable bonds is 7. The molecule has 108 valence electrons. The second-order valence-electron chi connectivity index (χ2n) is 6.59. The van der Waals surface area contributed by atoms with E-state index in [1.807, 2.05) is 0 Å². The summed E-state index contributed by atoms with van der Waals surface area (Å²) in [5.74, 6) is 0.773. The lowest BCUT2D eigenvalue weighted by Gasteiger charge is -2.40. The van der Waals surface area contributed by atoms with Gasteiger partial charge in [-0.25, -0.2) is 0 Å². The van der Waals surface area contributed by atoms with Gasteiger partial charge < -0.3 is 10.1 Å². The number of nitrogens with zero attached hydrogens (tertiary/aromatic N) is 1. The van der Waals surface area contributed by atoms with Gasteiger partial charge in [-0.3, -0.25) is 4.90 Å². The van der Waals surface area contributed by atoms with Crippen molar-refractivity contribution in [1.82, 2.24) is 10.2 Å². The first-order chi connectivity index (χ1) is 8.48. The first-order valence-electron chi connectivity index (χ1n) is 7.43. The quantitative estimate of drug-likeness (QED) is 0.757. The zero-order valence-corrected chi connectivity index (χ0v) is 13.0. The Hall–Kier alpha value is -0.120. The van der Waals surface area contributed by atoms with Crippen molar-refractivity contribution in [3.05, 3.63) is 0 Å². The lowest BCUT2D eigenvalue weighted by atomic mass is 9.88. The van der Waals surface area contributed by atoms with Gasteiger partial charge in [0.05, 0.1) is 0 Å².